The molecule has 0 spiro atoms. The zero-order chi connectivity index (χ0) is 0. The monoisotopic (exact) mass is 177 g/mol. The molecule has 0 atom stereocenters. The summed E-state index contributed by atoms with van der Waals surface area (Å²) in [6, 6.07) is 0. The summed E-state index contributed by atoms with van der Waals surface area (Å²) in [6.45, 7) is 0. The molecule has 0 amide bonds. The second kappa shape index (κ2) is 23.3. The molecule has 0 aromatic carbocycles. The molecule has 0 fully saturated rings. The predicted octanol–water partition coefficient (Wildman–Crippen LogP) is -0.832. The van der Waals surface area contributed by atoms with Gasteiger partial charge in [-0.2, -0.15) is 0 Å². The van der Waals surface area contributed by atoms with Crippen LogP contribution in [0.4, 0.5) is 0 Å². The molecule has 0 saturated carbocycles. The molecular weight excluding hydrogens is 175 g/mol. The van der Waals surface area contributed by atoms with E-state index in [4.69, 9.17) is 0 Å². The Hall–Kier alpha value is 1.60. The Bertz CT molecular complexity index is 8.00. The summed E-state index contributed by atoms with van der Waals surface area (Å²) in [7, 11) is 0. The van der Waals surface area contributed by atoms with Gasteiger partial charge in [0.25, 0.3) is 0 Å². The van der Waals surface area contributed by atoms with Gasteiger partial charge < -0.3 is 5.48 Å². The van der Waals surface area contributed by atoms with Crippen LogP contribution in [0.2, 0.25) is 0 Å². The van der Waals surface area contributed by atoms with E-state index in [-0.39, 0.29) is 58.5 Å². The maximum Gasteiger partial charge on any atom is 0 e. The fourth-order valence-electron chi connectivity index (χ4n) is 0. The normalized spacial score (nSPS) is 0. The van der Waals surface area contributed by atoms with Crippen LogP contribution in [0.1, 0.15) is 0 Å². The van der Waals surface area contributed by atoms with E-state index in [1.807, 2.05) is 0 Å². The van der Waals surface area contributed by atoms with Crippen molar-refractivity contribution in [2.45, 2.75) is 0 Å². The van der Waals surface area contributed by atoms with E-state index in [1.54, 1.807) is 0 Å². The maximum atomic E-state index is 0. The van der Waals surface area contributed by atoms with Crippen molar-refractivity contribution >= 4 is 0 Å². The molecule has 0 aromatic rings. The van der Waals surface area contributed by atoms with E-state index >= 15 is 0 Å². The molecule has 0 unspecified atom stereocenters. The molecule has 0 rings (SSSR count). The quantitative estimate of drug-likeness (QED) is 0.432. The van der Waals surface area contributed by atoms with E-state index in [1.165, 1.54) is 0 Å². The Morgan fingerprint density at radius 3 is 1.00 bits per heavy atom. The summed E-state index contributed by atoms with van der Waals surface area (Å²) < 4.78 is 0. The topological polar surface area (TPSA) is 31.5 Å². The summed E-state index contributed by atoms with van der Waals surface area (Å²) >= 11 is 0. The van der Waals surface area contributed by atoms with Gasteiger partial charge in [-0.15, -0.1) is 0 Å². The molecule has 4 heteroatoms. The van der Waals surface area contributed by atoms with Gasteiger partial charge in [-0.05, 0) is 0 Å². The summed E-state index contributed by atoms with van der Waals surface area (Å²) in [4.78, 5) is 0. The van der Waals surface area contributed by atoms with Gasteiger partial charge in [-0.25, -0.2) is 0 Å². The molecule has 0 aliphatic rings. The zero-order valence-corrected chi connectivity index (χ0v) is 5.48. The van der Waals surface area contributed by atoms with Crippen molar-refractivity contribution in [3.63, 3.8) is 0 Å². The molecule has 2 N–H and O–H groups in total. The molecule has 0 bridgehead atoms. The van der Waals surface area contributed by atoms with Crippen molar-refractivity contribution in [3.8, 4) is 0 Å². The van der Waals surface area contributed by atoms with Crippen molar-refractivity contribution in [2.24, 2.45) is 0 Å². The third-order valence-electron chi connectivity index (χ3n) is 0. The summed E-state index contributed by atoms with van der Waals surface area (Å²) in [5, 5.41) is 0. The van der Waals surface area contributed by atoms with Gasteiger partial charge >= 0.3 is 0 Å². The van der Waals surface area contributed by atoms with Gasteiger partial charge in [0, 0.05) is 53.0 Å². The first-order valence-corrected chi connectivity index (χ1v) is 0. The van der Waals surface area contributed by atoms with Crippen LogP contribution in [0.15, 0.2) is 0 Å². The summed E-state index contributed by atoms with van der Waals surface area (Å²) in [5.41, 5.74) is 0. The van der Waals surface area contributed by atoms with Crippen LogP contribution in [0.25, 0.3) is 0 Å². The van der Waals surface area contributed by atoms with Crippen LogP contribution in [-0.2, 0) is 53.0 Å². The number of hydrogen-bond acceptors (Lipinski definition) is 0. The predicted molar refractivity (Wildman–Crippen MR) is 3.61 cm³/mol. The van der Waals surface area contributed by atoms with Crippen LogP contribution >= 0.6 is 0 Å². The van der Waals surface area contributed by atoms with Gasteiger partial charge in [-0.1, -0.05) is 0 Å². The molecule has 27 valence electrons. The first-order chi connectivity index (χ1) is 0. The largest absolute Gasteiger partial charge is 0.412 e. The van der Waals surface area contributed by atoms with Crippen LogP contribution in [0, 0.1) is 0 Å². The number of rotatable bonds is 0. The van der Waals surface area contributed by atoms with Gasteiger partial charge in [0.1, 0.15) is 0 Å². The Balaban J connectivity index is 0. The molecule has 0 aromatic heterocycles. The van der Waals surface area contributed by atoms with Crippen LogP contribution in [-0.4, -0.2) is 5.48 Å². The van der Waals surface area contributed by atoms with Crippen molar-refractivity contribution in [1.82, 2.24) is 0 Å². The second-order valence-corrected chi connectivity index (χ2v) is 0. The van der Waals surface area contributed by atoms with E-state index in [9.17, 15) is 0 Å². The third kappa shape index (κ3) is 9.51. The van der Waals surface area contributed by atoms with E-state index < -0.39 is 0 Å². The Labute approximate surface area is 58.3 Å². The second-order valence-electron chi connectivity index (χ2n) is 0. The average Bonchev–Trinajstić information content (AvgIpc) is 0. The molecule has 4 heavy (non-hydrogen) atoms. The molecule has 0 aliphatic heterocycles. The minimum absolute atomic E-state index is 0. The molecule has 0 heterocycles. The van der Waals surface area contributed by atoms with E-state index in [0.29, 0.717) is 0 Å². The first-order valence-electron chi connectivity index (χ1n) is 0. The SMILES string of the molecule is O.[Cr].[Fe].[V]. The van der Waals surface area contributed by atoms with Crippen molar-refractivity contribution in [3.05, 3.63) is 0 Å². The standard InChI is InChI=1S/Cr.Fe.H2O.V/h;;1H2;. The Morgan fingerprint density at radius 2 is 1.00 bits per heavy atom. The Kier molecular flexibility index (Phi) is 271. The molecular formula is H2CrFeOV. The van der Waals surface area contributed by atoms with Crippen molar-refractivity contribution in [2.75, 3.05) is 0 Å². The van der Waals surface area contributed by atoms with Gasteiger partial charge in [-0.3, -0.25) is 0 Å². The zero-order valence-electron chi connectivity index (χ0n) is 1.71. The minimum atomic E-state index is 0. The summed E-state index contributed by atoms with van der Waals surface area (Å²) in [5.74, 6) is 0. The first kappa shape index (κ1) is 46.4. The van der Waals surface area contributed by atoms with Crippen molar-refractivity contribution < 1.29 is 58.5 Å². The fraction of sp³-hybridized carbons (Fsp3) is 0. The Morgan fingerprint density at radius 1 is 1.00 bits per heavy atom. The molecule has 0 saturated heterocycles. The molecule has 1 radical (unpaired) electrons. The van der Waals surface area contributed by atoms with Crippen LogP contribution in [0.5, 0.6) is 0 Å². The van der Waals surface area contributed by atoms with Crippen LogP contribution in [0.3, 0.4) is 0 Å². The van der Waals surface area contributed by atoms with E-state index in [2.05, 4.69) is 0 Å². The van der Waals surface area contributed by atoms with Crippen molar-refractivity contribution in [1.29, 1.82) is 0 Å². The molecule has 0 aliphatic carbocycles. The molecule has 1 nitrogen and oxygen atoms in total. The van der Waals surface area contributed by atoms with Gasteiger partial charge in [0.15, 0.2) is 0 Å². The van der Waals surface area contributed by atoms with Gasteiger partial charge in [0.2, 0.25) is 0 Å². The van der Waals surface area contributed by atoms with E-state index in [0.717, 1.165) is 0 Å². The maximum absolute atomic E-state index is 0. The number of hydrogen-bond donors (Lipinski definition) is 0. The summed E-state index contributed by atoms with van der Waals surface area (Å²) in [6.07, 6.45) is 0. The fourth-order valence-corrected chi connectivity index (χ4v) is 0. The van der Waals surface area contributed by atoms with Crippen LogP contribution < -0.4 is 0 Å². The third-order valence-corrected chi connectivity index (χ3v) is 0. The van der Waals surface area contributed by atoms with Gasteiger partial charge in [0.05, 0.1) is 0 Å². The smallest absolute Gasteiger partial charge is 0 e. The minimum Gasteiger partial charge on any atom is -0.412 e. The average molecular weight is 177 g/mol.